The molecule has 0 fully saturated rings. The predicted molar refractivity (Wildman–Crippen MR) is 103 cm³/mol. The normalized spacial score (nSPS) is 11.2. The van der Waals surface area contributed by atoms with Gasteiger partial charge in [-0.15, -0.1) is 11.3 Å². The van der Waals surface area contributed by atoms with Crippen molar-refractivity contribution < 1.29 is 19.7 Å². The van der Waals surface area contributed by atoms with Crippen molar-refractivity contribution in [2.45, 2.75) is 0 Å². The standard InChI is InChI=1S/C19H24N2O4S/c22-12-10-21(11-13-23)9-8-20-19(24)6-3-16-1-4-17(5-2-16)25-18-7-14-26-15-18/h1-7,14-15,22-23H,8-13H2,(H,20,24). The van der Waals surface area contributed by atoms with E-state index in [4.69, 9.17) is 14.9 Å². The molecule has 6 nitrogen and oxygen atoms in total. The van der Waals surface area contributed by atoms with Gasteiger partial charge in [-0.2, -0.15) is 0 Å². The van der Waals surface area contributed by atoms with Crippen LogP contribution in [0.15, 0.2) is 47.2 Å². The number of nitrogens with one attached hydrogen (secondary N) is 1. The van der Waals surface area contributed by atoms with E-state index in [-0.39, 0.29) is 19.1 Å². The molecule has 0 saturated heterocycles. The number of carbonyl (C=O) groups excluding carboxylic acids is 1. The molecule has 140 valence electrons. The Bertz CT molecular complexity index is 665. The van der Waals surface area contributed by atoms with Crippen LogP contribution in [0, 0.1) is 0 Å². The largest absolute Gasteiger partial charge is 0.457 e. The summed E-state index contributed by atoms with van der Waals surface area (Å²) in [6, 6.07) is 9.39. The predicted octanol–water partition coefficient (Wildman–Crippen LogP) is 1.96. The number of aliphatic hydroxyl groups excluding tert-OH is 2. The third-order valence-corrected chi connectivity index (χ3v) is 4.26. The fourth-order valence-corrected chi connectivity index (χ4v) is 2.83. The third kappa shape index (κ3) is 7.37. The molecular weight excluding hydrogens is 352 g/mol. The van der Waals surface area contributed by atoms with Crippen molar-refractivity contribution in [3.05, 3.63) is 52.7 Å². The number of nitrogens with zero attached hydrogens (tertiary/aromatic N) is 1. The third-order valence-electron chi connectivity index (χ3n) is 3.60. The van der Waals surface area contributed by atoms with E-state index in [0.717, 1.165) is 17.1 Å². The van der Waals surface area contributed by atoms with E-state index in [2.05, 4.69) is 5.32 Å². The maximum Gasteiger partial charge on any atom is 0.244 e. The number of rotatable bonds is 11. The first-order chi connectivity index (χ1) is 12.7. The van der Waals surface area contributed by atoms with E-state index in [0.29, 0.717) is 26.2 Å². The van der Waals surface area contributed by atoms with E-state index in [1.54, 1.807) is 17.4 Å². The zero-order valence-electron chi connectivity index (χ0n) is 14.5. The number of hydrogen-bond acceptors (Lipinski definition) is 6. The molecule has 0 radical (unpaired) electrons. The molecule has 0 spiro atoms. The van der Waals surface area contributed by atoms with Crippen LogP contribution in [0.2, 0.25) is 0 Å². The first-order valence-electron chi connectivity index (χ1n) is 8.41. The summed E-state index contributed by atoms with van der Waals surface area (Å²) < 4.78 is 5.68. The molecule has 1 heterocycles. The van der Waals surface area contributed by atoms with Gasteiger partial charge < -0.3 is 20.3 Å². The summed E-state index contributed by atoms with van der Waals surface area (Å²) in [6.45, 7) is 2.05. The molecule has 0 unspecified atom stereocenters. The molecule has 1 aromatic carbocycles. The zero-order chi connectivity index (χ0) is 18.6. The molecule has 1 aromatic heterocycles. The molecule has 26 heavy (non-hydrogen) atoms. The molecule has 3 N–H and O–H groups in total. The highest BCUT2D eigenvalue weighted by atomic mass is 32.1. The first kappa shape index (κ1) is 20.1. The SMILES string of the molecule is O=C(C=Cc1ccc(Oc2ccsc2)cc1)NCCN(CCO)CCO. The lowest BCUT2D eigenvalue weighted by molar-refractivity contribution is -0.116. The number of carbonyl (C=O) groups is 1. The smallest absolute Gasteiger partial charge is 0.244 e. The second kappa shape index (κ2) is 11.4. The van der Waals surface area contributed by atoms with Crippen LogP contribution >= 0.6 is 11.3 Å². The van der Waals surface area contributed by atoms with Crippen LogP contribution in [-0.4, -0.2) is 60.4 Å². The van der Waals surface area contributed by atoms with Crippen molar-refractivity contribution >= 4 is 23.3 Å². The molecule has 0 bridgehead atoms. The average molecular weight is 376 g/mol. The van der Waals surface area contributed by atoms with E-state index in [9.17, 15) is 4.79 Å². The van der Waals surface area contributed by atoms with Gasteiger partial charge in [-0.05, 0) is 35.2 Å². The van der Waals surface area contributed by atoms with Crippen LogP contribution in [-0.2, 0) is 4.79 Å². The quantitative estimate of drug-likeness (QED) is 0.522. The minimum Gasteiger partial charge on any atom is -0.457 e. The van der Waals surface area contributed by atoms with Gasteiger partial charge in [0.05, 0.1) is 13.2 Å². The van der Waals surface area contributed by atoms with Gasteiger partial charge in [0, 0.05) is 37.6 Å². The van der Waals surface area contributed by atoms with Gasteiger partial charge in [0.25, 0.3) is 0 Å². The Morgan fingerprint density at radius 1 is 1.08 bits per heavy atom. The molecule has 0 aliphatic carbocycles. The molecule has 0 atom stereocenters. The van der Waals surface area contributed by atoms with Gasteiger partial charge in [-0.25, -0.2) is 0 Å². The maximum absolute atomic E-state index is 11.9. The van der Waals surface area contributed by atoms with Crippen molar-refractivity contribution in [2.24, 2.45) is 0 Å². The second-order valence-corrected chi connectivity index (χ2v) is 6.32. The molecule has 0 aliphatic heterocycles. The van der Waals surface area contributed by atoms with E-state index in [1.807, 2.05) is 46.0 Å². The van der Waals surface area contributed by atoms with Gasteiger partial charge >= 0.3 is 0 Å². The molecule has 2 rings (SSSR count). The fourth-order valence-electron chi connectivity index (χ4n) is 2.28. The van der Waals surface area contributed by atoms with E-state index < -0.39 is 0 Å². The summed E-state index contributed by atoms with van der Waals surface area (Å²) in [5.41, 5.74) is 0.903. The highest BCUT2D eigenvalue weighted by molar-refractivity contribution is 7.08. The Morgan fingerprint density at radius 3 is 2.42 bits per heavy atom. The maximum atomic E-state index is 11.9. The summed E-state index contributed by atoms with van der Waals surface area (Å²) >= 11 is 1.58. The van der Waals surface area contributed by atoms with Crippen LogP contribution in [0.3, 0.4) is 0 Å². The Kier molecular flexibility index (Phi) is 8.85. The molecule has 1 amide bonds. The van der Waals surface area contributed by atoms with Crippen molar-refractivity contribution in [1.29, 1.82) is 0 Å². The van der Waals surface area contributed by atoms with Crippen LogP contribution in [0.1, 0.15) is 5.56 Å². The van der Waals surface area contributed by atoms with Crippen LogP contribution < -0.4 is 10.1 Å². The average Bonchev–Trinajstić information content (AvgIpc) is 3.14. The lowest BCUT2D eigenvalue weighted by Gasteiger charge is -2.19. The van der Waals surface area contributed by atoms with Gasteiger partial charge in [0.2, 0.25) is 5.91 Å². The van der Waals surface area contributed by atoms with Gasteiger partial charge in [-0.3, -0.25) is 9.69 Å². The summed E-state index contributed by atoms with van der Waals surface area (Å²) in [5.74, 6) is 1.38. The number of amides is 1. The zero-order valence-corrected chi connectivity index (χ0v) is 15.3. The second-order valence-electron chi connectivity index (χ2n) is 5.54. The minimum absolute atomic E-state index is 0.0277. The number of aliphatic hydroxyl groups is 2. The highest BCUT2D eigenvalue weighted by Gasteiger charge is 2.04. The summed E-state index contributed by atoms with van der Waals surface area (Å²) in [7, 11) is 0. The van der Waals surface area contributed by atoms with Crippen LogP contribution in [0.5, 0.6) is 11.5 Å². The summed E-state index contributed by atoms with van der Waals surface area (Å²) in [6.07, 6.45) is 3.22. The van der Waals surface area contributed by atoms with Crippen molar-refractivity contribution in [3.63, 3.8) is 0 Å². The van der Waals surface area contributed by atoms with E-state index >= 15 is 0 Å². The molecule has 7 heteroatoms. The fraction of sp³-hybridized carbons (Fsp3) is 0.316. The van der Waals surface area contributed by atoms with Crippen LogP contribution in [0.25, 0.3) is 6.08 Å². The number of benzene rings is 1. The monoisotopic (exact) mass is 376 g/mol. The summed E-state index contributed by atoms with van der Waals surface area (Å²) in [4.78, 5) is 13.7. The highest BCUT2D eigenvalue weighted by Crippen LogP contribution is 2.23. The summed E-state index contributed by atoms with van der Waals surface area (Å²) in [5, 5.41) is 24.6. The van der Waals surface area contributed by atoms with Gasteiger partial charge in [0.15, 0.2) is 0 Å². The topological polar surface area (TPSA) is 82.0 Å². The number of hydrogen-bond donors (Lipinski definition) is 3. The Labute approximate surface area is 157 Å². The molecular formula is C19H24N2O4S. The van der Waals surface area contributed by atoms with Gasteiger partial charge in [0.1, 0.15) is 11.5 Å². The lowest BCUT2D eigenvalue weighted by Crippen LogP contribution is -2.37. The Hall–Kier alpha value is -2.19. The lowest BCUT2D eigenvalue weighted by atomic mass is 10.2. The van der Waals surface area contributed by atoms with Crippen LogP contribution in [0.4, 0.5) is 0 Å². The Morgan fingerprint density at radius 2 is 1.81 bits per heavy atom. The number of ether oxygens (including phenoxy) is 1. The van der Waals surface area contributed by atoms with E-state index in [1.165, 1.54) is 6.08 Å². The molecule has 0 aliphatic rings. The number of thiophene rings is 1. The van der Waals surface area contributed by atoms with Gasteiger partial charge in [-0.1, -0.05) is 12.1 Å². The minimum atomic E-state index is -0.184. The molecule has 2 aromatic rings. The van der Waals surface area contributed by atoms with Crippen molar-refractivity contribution in [3.8, 4) is 11.5 Å². The van der Waals surface area contributed by atoms with Crippen molar-refractivity contribution in [2.75, 3.05) is 39.4 Å². The van der Waals surface area contributed by atoms with Crippen molar-refractivity contribution in [1.82, 2.24) is 10.2 Å². The Balaban J connectivity index is 1.74. The molecule has 0 saturated carbocycles. The first-order valence-corrected chi connectivity index (χ1v) is 9.35.